The molecule has 1 atom stereocenters. The van der Waals surface area contributed by atoms with Crippen molar-refractivity contribution in [3.63, 3.8) is 0 Å². The van der Waals surface area contributed by atoms with E-state index in [9.17, 15) is 21.6 Å². The molecule has 2 aliphatic rings. The van der Waals surface area contributed by atoms with Crippen LogP contribution < -0.4 is 10.6 Å². The number of thioether (sulfide) groups is 1. The zero-order valence-electron chi connectivity index (χ0n) is 15.3. The van der Waals surface area contributed by atoms with Crippen molar-refractivity contribution >= 4 is 51.7 Å². The molecular weight excluding hydrogens is 516 g/mol. The van der Waals surface area contributed by atoms with Crippen LogP contribution in [-0.2, 0) is 10.0 Å². The predicted molar refractivity (Wildman–Crippen MR) is 114 cm³/mol. The van der Waals surface area contributed by atoms with Gasteiger partial charge in [-0.15, -0.1) is 24.0 Å². The maximum atomic E-state index is 12.6. The summed E-state index contributed by atoms with van der Waals surface area (Å²) in [5.74, 6) is 2.00. The van der Waals surface area contributed by atoms with Crippen molar-refractivity contribution in [3.8, 4) is 0 Å². The van der Waals surface area contributed by atoms with Gasteiger partial charge in [0.25, 0.3) is 0 Å². The number of halogens is 4. The summed E-state index contributed by atoms with van der Waals surface area (Å²) in [5, 5.41) is 7.08. The van der Waals surface area contributed by atoms with E-state index in [1.54, 1.807) is 0 Å². The average Bonchev–Trinajstić information content (AvgIpc) is 3.10. The van der Waals surface area contributed by atoms with E-state index in [1.807, 2.05) is 18.7 Å². The molecule has 0 aromatic carbocycles. The fourth-order valence-electron chi connectivity index (χ4n) is 3.06. The van der Waals surface area contributed by atoms with Crippen LogP contribution in [0.5, 0.6) is 0 Å². The monoisotopic (exact) mass is 544 g/mol. The lowest BCUT2D eigenvalue weighted by Gasteiger charge is -2.31. The van der Waals surface area contributed by atoms with Gasteiger partial charge in [0, 0.05) is 38.0 Å². The number of piperidine rings is 1. The van der Waals surface area contributed by atoms with E-state index >= 15 is 0 Å². The van der Waals surface area contributed by atoms with Crippen LogP contribution in [0.4, 0.5) is 13.2 Å². The summed E-state index contributed by atoms with van der Waals surface area (Å²) in [6, 6.07) is 0. The summed E-state index contributed by atoms with van der Waals surface area (Å²) in [4.78, 5) is 4.53. The van der Waals surface area contributed by atoms with E-state index < -0.39 is 15.5 Å². The maximum absolute atomic E-state index is 12.6. The highest BCUT2D eigenvalue weighted by atomic mass is 127. The molecular formula is C15H28F3IN4O2S2. The zero-order valence-corrected chi connectivity index (χ0v) is 19.3. The summed E-state index contributed by atoms with van der Waals surface area (Å²) in [6.07, 6.45) is 3.21. The number of nitrogens with zero attached hydrogens (tertiary/aromatic N) is 2. The number of sulfonamides is 1. The van der Waals surface area contributed by atoms with Gasteiger partial charge in [-0.2, -0.15) is 29.2 Å². The van der Waals surface area contributed by atoms with Crippen LogP contribution in [0.15, 0.2) is 4.99 Å². The number of hydrogen-bond donors (Lipinski definition) is 2. The second kappa shape index (κ2) is 11.3. The number of nitrogens with one attached hydrogen (secondary N) is 2. The predicted octanol–water partition coefficient (Wildman–Crippen LogP) is 2.62. The molecule has 6 nitrogen and oxygen atoms in total. The molecule has 12 heteroatoms. The van der Waals surface area contributed by atoms with Gasteiger partial charge >= 0.3 is 15.5 Å². The molecule has 0 aliphatic carbocycles. The Morgan fingerprint density at radius 1 is 1.22 bits per heavy atom. The Morgan fingerprint density at radius 2 is 1.89 bits per heavy atom. The average molecular weight is 544 g/mol. The van der Waals surface area contributed by atoms with Crippen LogP contribution >= 0.6 is 35.7 Å². The zero-order chi connectivity index (χ0) is 19.2. The number of rotatable bonds is 6. The molecule has 0 radical (unpaired) electrons. The Bertz CT molecular complexity index is 576. The van der Waals surface area contributed by atoms with E-state index in [-0.39, 0.29) is 43.0 Å². The summed E-state index contributed by atoms with van der Waals surface area (Å²) in [5.41, 5.74) is -5.22. The summed E-state index contributed by atoms with van der Waals surface area (Å²) in [7, 11) is -5.21. The standard InChI is InChI=1S/C15H27F3N4O2S2.HI/c1-2-19-14(21-11-13-4-3-9-25-13)20-10-12-5-7-22(8-6-12)26(23,24)15(16,17)18;/h12-13H,2-11H2,1H3,(H2,19,20,21);1H. The van der Waals surface area contributed by atoms with Crippen LogP contribution in [0.25, 0.3) is 0 Å². The summed E-state index contributed by atoms with van der Waals surface area (Å²) in [6.45, 7) is 3.81. The van der Waals surface area contributed by atoms with Crippen molar-refractivity contribution < 1.29 is 21.6 Å². The lowest BCUT2D eigenvalue weighted by molar-refractivity contribution is -0.0496. The van der Waals surface area contributed by atoms with Gasteiger partial charge in [0.1, 0.15) is 0 Å². The lowest BCUT2D eigenvalue weighted by atomic mass is 9.98. The highest BCUT2D eigenvalue weighted by Gasteiger charge is 2.50. The van der Waals surface area contributed by atoms with Gasteiger partial charge in [-0.25, -0.2) is 8.42 Å². The molecule has 2 saturated heterocycles. The largest absolute Gasteiger partial charge is 0.511 e. The number of hydrogen-bond acceptors (Lipinski definition) is 4. The van der Waals surface area contributed by atoms with Crippen LogP contribution in [-0.4, -0.2) is 67.9 Å². The van der Waals surface area contributed by atoms with Crippen molar-refractivity contribution in [2.75, 3.05) is 38.5 Å². The first kappa shape index (κ1) is 25.1. The first-order valence-corrected chi connectivity index (χ1v) is 11.4. The Labute approximate surface area is 180 Å². The third-order valence-corrected chi connectivity index (χ3v) is 7.61. The van der Waals surface area contributed by atoms with Crippen molar-refractivity contribution in [1.82, 2.24) is 14.9 Å². The second-order valence-electron chi connectivity index (χ2n) is 6.53. The Morgan fingerprint density at radius 3 is 2.41 bits per heavy atom. The highest BCUT2D eigenvalue weighted by molar-refractivity contribution is 14.0. The molecule has 0 spiro atoms. The number of alkyl halides is 3. The van der Waals surface area contributed by atoms with Crippen molar-refractivity contribution in [2.45, 2.75) is 43.4 Å². The molecule has 160 valence electrons. The molecule has 0 aromatic heterocycles. The van der Waals surface area contributed by atoms with Gasteiger partial charge in [0.05, 0.1) is 0 Å². The molecule has 2 N–H and O–H groups in total. The second-order valence-corrected chi connectivity index (χ2v) is 9.87. The topological polar surface area (TPSA) is 73.8 Å². The number of guanidine groups is 1. The third kappa shape index (κ3) is 7.42. The fourth-order valence-corrected chi connectivity index (χ4v) is 5.24. The Kier molecular flexibility index (Phi) is 10.5. The first-order chi connectivity index (χ1) is 12.2. The SMILES string of the molecule is CCNC(=NCC1CCN(S(=O)(=O)C(F)(F)F)CC1)NCC1CCCS1.I. The van der Waals surface area contributed by atoms with E-state index in [1.165, 1.54) is 18.6 Å². The van der Waals surface area contributed by atoms with Gasteiger partial charge in [-0.05, 0) is 44.3 Å². The van der Waals surface area contributed by atoms with Crippen LogP contribution in [0.1, 0.15) is 32.6 Å². The minimum atomic E-state index is -5.22. The van der Waals surface area contributed by atoms with Crippen LogP contribution in [0, 0.1) is 5.92 Å². The minimum absolute atomic E-state index is 0. The molecule has 2 fully saturated rings. The highest BCUT2D eigenvalue weighted by Crippen LogP contribution is 2.30. The molecule has 0 saturated carbocycles. The molecule has 0 aromatic rings. The van der Waals surface area contributed by atoms with E-state index in [0.717, 1.165) is 13.1 Å². The molecule has 27 heavy (non-hydrogen) atoms. The van der Waals surface area contributed by atoms with Crippen molar-refractivity contribution in [1.29, 1.82) is 0 Å². The molecule has 2 rings (SSSR count). The smallest absolute Gasteiger partial charge is 0.357 e. The summed E-state index contributed by atoms with van der Waals surface area (Å²) >= 11 is 1.95. The van der Waals surface area contributed by atoms with Gasteiger partial charge in [-0.1, -0.05) is 0 Å². The van der Waals surface area contributed by atoms with Crippen LogP contribution in [0.3, 0.4) is 0 Å². The van der Waals surface area contributed by atoms with Gasteiger partial charge in [-0.3, -0.25) is 4.99 Å². The van der Waals surface area contributed by atoms with Gasteiger partial charge in [0.2, 0.25) is 0 Å². The molecule has 1 unspecified atom stereocenters. The fraction of sp³-hybridized carbons (Fsp3) is 0.933. The Hall–Kier alpha value is 0.0500. The van der Waals surface area contributed by atoms with Crippen molar-refractivity contribution in [3.05, 3.63) is 0 Å². The molecule has 0 amide bonds. The molecule has 2 heterocycles. The maximum Gasteiger partial charge on any atom is 0.511 e. The lowest BCUT2D eigenvalue weighted by Crippen LogP contribution is -2.45. The van der Waals surface area contributed by atoms with E-state index in [2.05, 4.69) is 15.6 Å². The molecule has 2 aliphatic heterocycles. The normalized spacial score (nSPS) is 23.1. The Balaban J connectivity index is 0.00000364. The van der Waals surface area contributed by atoms with E-state index in [4.69, 9.17) is 0 Å². The van der Waals surface area contributed by atoms with Gasteiger partial charge in [0.15, 0.2) is 5.96 Å². The van der Waals surface area contributed by atoms with E-state index in [0.29, 0.717) is 34.9 Å². The third-order valence-electron chi connectivity index (χ3n) is 4.58. The summed E-state index contributed by atoms with van der Waals surface area (Å²) < 4.78 is 61.2. The minimum Gasteiger partial charge on any atom is -0.357 e. The van der Waals surface area contributed by atoms with Gasteiger partial charge < -0.3 is 10.6 Å². The quantitative estimate of drug-likeness (QED) is 0.306. The number of aliphatic imine (C=N–C) groups is 1. The first-order valence-electron chi connectivity index (χ1n) is 8.94. The van der Waals surface area contributed by atoms with Crippen LogP contribution in [0.2, 0.25) is 0 Å². The molecule has 0 bridgehead atoms. The van der Waals surface area contributed by atoms with Crippen molar-refractivity contribution in [2.24, 2.45) is 10.9 Å².